The van der Waals surface area contributed by atoms with Crippen LogP contribution in [0, 0.1) is 0 Å². The van der Waals surface area contributed by atoms with Crippen LogP contribution in [0.5, 0.6) is 0 Å². The summed E-state index contributed by atoms with van der Waals surface area (Å²) in [5, 5.41) is 0.546. The van der Waals surface area contributed by atoms with Crippen molar-refractivity contribution in [3.8, 4) is 0 Å². The first-order chi connectivity index (χ1) is 7.39. The third-order valence-corrected chi connectivity index (χ3v) is 2.43. The number of aromatic amines is 1. The van der Waals surface area contributed by atoms with Gasteiger partial charge in [-0.15, -0.1) is 0 Å². The van der Waals surface area contributed by atoms with Crippen LogP contribution in [0.15, 0.2) is 18.3 Å². The minimum atomic E-state index is -4.34. The summed E-state index contributed by atoms with van der Waals surface area (Å²) in [4.78, 5) is 6.48. The molecule has 0 radical (unpaired) electrons. The molecule has 0 aliphatic rings. The summed E-state index contributed by atoms with van der Waals surface area (Å²) < 4.78 is 37.5. The quantitative estimate of drug-likeness (QED) is 0.792. The molecule has 0 amide bonds. The first kappa shape index (κ1) is 11.0. The largest absolute Gasteiger partial charge is 0.431 e. The molecule has 2 heterocycles. The summed E-state index contributed by atoms with van der Waals surface area (Å²) in [5.74, 6) is 0.0978. The maximum absolute atomic E-state index is 12.5. The summed E-state index contributed by atoms with van der Waals surface area (Å²) in [7, 11) is 0. The van der Waals surface area contributed by atoms with E-state index in [0.717, 1.165) is 6.07 Å². The highest BCUT2D eigenvalue weighted by Gasteiger charge is 2.32. The van der Waals surface area contributed by atoms with Gasteiger partial charge >= 0.3 is 6.18 Å². The monoisotopic (exact) mass is 228 g/mol. The Balaban J connectivity index is 2.66. The highest BCUT2D eigenvalue weighted by atomic mass is 19.4. The van der Waals surface area contributed by atoms with Crippen molar-refractivity contribution in [2.45, 2.75) is 25.9 Å². The lowest BCUT2D eigenvalue weighted by Crippen LogP contribution is -2.04. The molecule has 86 valence electrons. The molecular formula is C11H11F3N2. The number of hydrogen-bond donors (Lipinski definition) is 1. The molecule has 0 saturated heterocycles. The maximum atomic E-state index is 12.5. The van der Waals surface area contributed by atoms with Crippen LogP contribution < -0.4 is 0 Å². The van der Waals surface area contributed by atoms with Crippen molar-refractivity contribution in [2.24, 2.45) is 0 Å². The predicted octanol–water partition coefficient (Wildman–Crippen LogP) is 3.71. The zero-order valence-corrected chi connectivity index (χ0v) is 8.89. The van der Waals surface area contributed by atoms with Crippen LogP contribution in [0.25, 0.3) is 10.9 Å². The summed E-state index contributed by atoms with van der Waals surface area (Å²) >= 11 is 0. The van der Waals surface area contributed by atoms with Crippen LogP contribution in [-0.2, 0) is 6.18 Å². The SMILES string of the molecule is CC(C)c1nccc2[nH]c(C(F)(F)F)cc12. The number of nitrogens with one attached hydrogen (secondary N) is 1. The number of fused-ring (bicyclic) bond motifs is 1. The molecule has 2 nitrogen and oxygen atoms in total. The number of rotatable bonds is 1. The minimum absolute atomic E-state index is 0.0978. The van der Waals surface area contributed by atoms with E-state index < -0.39 is 11.9 Å². The first-order valence-corrected chi connectivity index (χ1v) is 4.94. The Morgan fingerprint density at radius 3 is 2.56 bits per heavy atom. The molecular weight excluding hydrogens is 217 g/mol. The lowest BCUT2D eigenvalue weighted by Gasteiger charge is -2.04. The van der Waals surface area contributed by atoms with Crippen LogP contribution in [0.1, 0.15) is 31.2 Å². The van der Waals surface area contributed by atoms with Crippen LogP contribution in [-0.4, -0.2) is 9.97 Å². The molecule has 2 aromatic rings. The molecule has 5 heteroatoms. The second-order valence-corrected chi connectivity index (χ2v) is 3.99. The van der Waals surface area contributed by atoms with E-state index >= 15 is 0 Å². The number of nitrogens with zero attached hydrogens (tertiary/aromatic N) is 1. The predicted molar refractivity (Wildman–Crippen MR) is 55.2 cm³/mol. The molecule has 0 bridgehead atoms. The fourth-order valence-corrected chi connectivity index (χ4v) is 1.69. The van der Waals surface area contributed by atoms with Crippen molar-refractivity contribution in [3.05, 3.63) is 29.7 Å². The van der Waals surface area contributed by atoms with E-state index in [9.17, 15) is 13.2 Å². The lowest BCUT2D eigenvalue weighted by atomic mass is 10.1. The van der Waals surface area contributed by atoms with Crippen molar-refractivity contribution < 1.29 is 13.2 Å². The third-order valence-electron chi connectivity index (χ3n) is 2.43. The van der Waals surface area contributed by atoms with E-state index in [4.69, 9.17) is 0 Å². The average Bonchev–Trinajstić information content (AvgIpc) is 2.59. The molecule has 16 heavy (non-hydrogen) atoms. The van der Waals surface area contributed by atoms with Gasteiger partial charge in [-0.3, -0.25) is 4.98 Å². The van der Waals surface area contributed by atoms with Crippen molar-refractivity contribution >= 4 is 10.9 Å². The van der Waals surface area contributed by atoms with Crippen LogP contribution >= 0.6 is 0 Å². The zero-order chi connectivity index (χ0) is 11.9. The topological polar surface area (TPSA) is 28.7 Å². The Hall–Kier alpha value is -1.52. The molecule has 2 rings (SSSR count). The van der Waals surface area contributed by atoms with Gasteiger partial charge in [-0.25, -0.2) is 0 Å². The Labute approximate surface area is 90.5 Å². The fraction of sp³-hybridized carbons (Fsp3) is 0.364. The number of hydrogen-bond acceptors (Lipinski definition) is 1. The smallest absolute Gasteiger partial charge is 0.351 e. The summed E-state index contributed by atoms with van der Waals surface area (Å²) in [6, 6.07) is 2.67. The van der Waals surface area contributed by atoms with Gasteiger partial charge in [0.25, 0.3) is 0 Å². The van der Waals surface area contributed by atoms with E-state index in [1.165, 1.54) is 6.20 Å². The zero-order valence-electron chi connectivity index (χ0n) is 8.89. The third kappa shape index (κ3) is 1.77. The Morgan fingerprint density at radius 2 is 2.00 bits per heavy atom. The Bertz CT molecular complexity index is 511. The van der Waals surface area contributed by atoms with Gasteiger partial charge in [0.2, 0.25) is 0 Å². The van der Waals surface area contributed by atoms with Gasteiger partial charge in [0.05, 0.1) is 5.69 Å². The summed E-state index contributed by atoms with van der Waals surface area (Å²) in [6.45, 7) is 3.81. The summed E-state index contributed by atoms with van der Waals surface area (Å²) in [6.07, 6.45) is -2.82. The van der Waals surface area contributed by atoms with Gasteiger partial charge in [-0.05, 0) is 18.1 Å². The molecule has 0 spiro atoms. The second kappa shape index (κ2) is 3.50. The molecule has 0 aliphatic heterocycles. The Morgan fingerprint density at radius 1 is 1.31 bits per heavy atom. The molecule has 0 atom stereocenters. The molecule has 0 saturated carbocycles. The minimum Gasteiger partial charge on any atom is -0.351 e. The molecule has 0 aliphatic carbocycles. The second-order valence-electron chi connectivity index (χ2n) is 3.99. The molecule has 0 fully saturated rings. The van der Waals surface area contributed by atoms with Crippen molar-refractivity contribution in [3.63, 3.8) is 0 Å². The highest BCUT2D eigenvalue weighted by Crippen LogP contribution is 2.33. The van der Waals surface area contributed by atoms with Gasteiger partial charge in [0.15, 0.2) is 0 Å². The van der Waals surface area contributed by atoms with Gasteiger partial charge < -0.3 is 4.98 Å². The maximum Gasteiger partial charge on any atom is 0.431 e. The normalized spacial score (nSPS) is 12.6. The molecule has 0 aromatic carbocycles. The van der Waals surface area contributed by atoms with Gasteiger partial charge in [0, 0.05) is 17.1 Å². The van der Waals surface area contributed by atoms with Gasteiger partial charge in [0.1, 0.15) is 5.69 Å². The van der Waals surface area contributed by atoms with Gasteiger partial charge in [-0.1, -0.05) is 13.8 Å². The number of pyridine rings is 1. The number of aromatic nitrogens is 2. The van der Waals surface area contributed by atoms with Crippen molar-refractivity contribution in [2.75, 3.05) is 0 Å². The van der Waals surface area contributed by atoms with Gasteiger partial charge in [-0.2, -0.15) is 13.2 Å². The van der Waals surface area contributed by atoms with E-state index in [1.807, 2.05) is 13.8 Å². The number of H-pyrrole nitrogens is 1. The van der Waals surface area contributed by atoms with E-state index in [2.05, 4.69) is 9.97 Å². The first-order valence-electron chi connectivity index (χ1n) is 4.94. The molecule has 0 unspecified atom stereocenters. The molecule has 2 aromatic heterocycles. The number of halogens is 3. The number of alkyl halides is 3. The fourth-order valence-electron chi connectivity index (χ4n) is 1.69. The van der Waals surface area contributed by atoms with E-state index in [0.29, 0.717) is 16.6 Å². The standard InChI is InChI=1S/C11H11F3N2/c1-6(2)10-7-5-9(11(12,13)14)16-8(7)3-4-15-10/h3-6,16H,1-2H3. The highest BCUT2D eigenvalue weighted by molar-refractivity contribution is 5.83. The van der Waals surface area contributed by atoms with Crippen LogP contribution in [0.3, 0.4) is 0 Å². The average molecular weight is 228 g/mol. The van der Waals surface area contributed by atoms with Crippen LogP contribution in [0.4, 0.5) is 13.2 Å². The summed E-state index contributed by atoms with van der Waals surface area (Å²) in [5.41, 5.74) is 0.438. The Kier molecular flexibility index (Phi) is 2.40. The van der Waals surface area contributed by atoms with Crippen molar-refractivity contribution in [1.82, 2.24) is 9.97 Å². The lowest BCUT2D eigenvalue weighted by molar-refractivity contribution is -0.140. The molecule has 1 N–H and O–H groups in total. The van der Waals surface area contributed by atoms with E-state index in [-0.39, 0.29) is 5.92 Å². The van der Waals surface area contributed by atoms with Crippen molar-refractivity contribution in [1.29, 1.82) is 0 Å². The van der Waals surface area contributed by atoms with Crippen LogP contribution in [0.2, 0.25) is 0 Å². The van der Waals surface area contributed by atoms with E-state index in [1.54, 1.807) is 6.07 Å².